The predicted molar refractivity (Wildman–Crippen MR) is 145 cm³/mol. The van der Waals surface area contributed by atoms with Crippen LogP contribution in [-0.2, 0) is 22.7 Å². The van der Waals surface area contributed by atoms with Gasteiger partial charge in [0.15, 0.2) is 11.5 Å². The van der Waals surface area contributed by atoms with E-state index in [-0.39, 0.29) is 24.3 Å². The monoisotopic (exact) mass is 544 g/mol. The highest BCUT2D eigenvalue weighted by Crippen LogP contribution is 2.29. The minimum atomic E-state index is -0.999. The van der Waals surface area contributed by atoms with Crippen molar-refractivity contribution in [3.8, 4) is 17.2 Å². The van der Waals surface area contributed by atoms with Gasteiger partial charge < -0.3 is 19.3 Å². The molecule has 0 aromatic heterocycles. The summed E-state index contributed by atoms with van der Waals surface area (Å²) in [5.74, 6) is -0.923. The molecule has 0 radical (unpaired) electrons. The lowest BCUT2D eigenvalue weighted by Crippen LogP contribution is -2.53. The van der Waals surface area contributed by atoms with Crippen LogP contribution in [0.15, 0.2) is 72.3 Å². The second-order valence-corrected chi connectivity index (χ2v) is 8.90. The molecular formula is C30H28N2O8. The van der Waals surface area contributed by atoms with Gasteiger partial charge in [0.05, 0.1) is 25.8 Å². The summed E-state index contributed by atoms with van der Waals surface area (Å²) in [6.07, 6.45) is 2.24. The van der Waals surface area contributed by atoms with Gasteiger partial charge in [0.2, 0.25) is 0 Å². The van der Waals surface area contributed by atoms with E-state index in [2.05, 4.69) is 5.32 Å². The number of carboxylic acid groups (broad SMARTS) is 1. The van der Waals surface area contributed by atoms with Crippen molar-refractivity contribution in [2.75, 3.05) is 13.7 Å². The molecule has 10 nitrogen and oxygen atoms in total. The highest BCUT2D eigenvalue weighted by molar-refractivity contribution is 6.30. The largest absolute Gasteiger partial charge is 0.493 e. The molecule has 1 heterocycles. The van der Waals surface area contributed by atoms with Crippen LogP contribution in [0.4, 0.5) is 4.79 Å². The molecule has 4 rings (SSSR count). The van der Waals surface area contributed by atoms with Gasteiger partial charge in [-0.15, -0.1) is 0 Å². The Morgan fingerprint density at radius 1 is 0.925 bits per heavy atom. The van der Waals surface area contributed by atoms with Crippen LogP contribution in [0.3, 0.4) is 0 Å². The molecule has 0 spiro atoms. The summed E-state index contributed by atoms with van der Waals surface area (Å²) in [5.41, 5.74) is 1.99. The zero-order valence-corrected chi connectivity index (χ0v) is 22.0. The lowest BCUT2D eigenvalue weighted by Gasteiger charge is -2.26. The summed E-state index contributed by atoms with van der Waals surface area (Å²) in [7, 11) is 1.50. The van der Waals surface area contributed by atoms with Gasteiger partial charge in [-0.25, -0.2) is 9.59 Å². The van der Waals surface area contributed by atoms with Crippen molar-refractivity contribution in [2.45, 2.75) is 26.5 Å². The second-order valence-electron chi connectivity index (χ2n) is 8.90. The van der Waals surface area contributed by atoms with Crippen LogP contribution >= 0.6 is 0 Å². The van der Waals surface area contributed by atoms with Gasteiger partial charge in [-0.3, -0.25) is 19.8 Å². The third-order valence-electron chi connectivity index (χ3n) is 6.01. The maximum absolute atomic E-state index is 13.2. The van der Waals surface area contributed by atoms with Crippen LogP contribution < -0.4 is 19.5 Å². The zero-order valence-electron chi connectivity index (χ0n) is 22.0. The molecule has 10 heteroatoms. The molecule has 1 aliphatic rings. The summed E-state index contributed by atoms with van der Waals surface area (Å²) in [5, 5.41) is 11.2. The Labute approximate surface area is 230 Å². The Morgan fingerprint density at radius 3 is 2.27 bits per heavy atom. The van der Waals surface area contributed by atoms with E-state index < -0.39 is 23.8 Å². The number of carbonyl (C=O) groups excluding carboxylic acids is 3. The number of hydrogen-bond acceptors (Lipinski definition) is 7. The average Bonchev–Trinajstić information content (AvgIpc) is 2.96. The first-order chi connectivity index (χ1) is 19.3. The van der Waals surface area contributed by atoms with Gasteiger partial charge in [-0.05, 0) is 65.6 Å². The van der Waals surface area contributed by atoms with E-state index >= 15 is 0 Å². The minimum absolute atomic E-state index is 0.0695. The maximum atomic E-state index is 13.2. The van der Waals surface area contributed by atoms with Crippen LogP contribution in [0.2, 0.25) is 0 Å². The lowest BCUT2D eigenvalue weighted by atomic mass is 10.1. The number of carboxylic acids is 1. The molecule has 1 aliphatic heterocycles. The van der Waals surface area contributed by atoms with Crippen LogP contribution in [0.1, 0.15) is 40.4 Å². The number of nitrogens with one attached hydrogen (secondary N) is 1. The number of urea groups is 1. The van der Waals surface area contributed by atoms with Crippen molar-refractivity contribution in [2.24, 2.45) is 0 Å². The van der Waals surface area contributed by atoms with E-state index in [1.54, 1.807) is 54.6 Å². The summed E-state index contributed by atoms with van der Waals surface area (Å²) >= 11 is 0. The Hall–Kier alpha value is -5.12. The maximum Gasteiger partial charge on any atom is 0.335 e. The molecule has 0 unspecified atom stereocenters. The zero-order chi connectivity index (χ0) is 28.6. The summed E-state index contributed by atoms with van der Waals surface area (Å²) in [6.45, 7) is 2.67. The highest BCUT2D eigenvalue weighted by Gasteiger charge is 2.35. The SMILES string of the molecule is CCCOc1ccc(CN2C(=O)NC(=O)/C(=C\c3ccc(OCc4ccc(C(=O)O)cc4)cc3)C2=O)cc1OC. The number of hydrogen-bond donors (Lipinski definition) is 2. The number of ether oxygens (including phenoxy) is 3. The van der Waals surface area contributed by atoms with Crippen LogP contribution in [0, 0.1) is 0 Å². The molecule has 0 atom stereocenters. The van der Waals surface area contributed by atoms with E-state index in [4.69, 9.17) is 19.3 Å². The van der Waals surface area contributed by atoms with E-state index in [0.29, 0.717) is 35.0 Å². The predicted octanol–water partition coefficient (Wildman–Crippen LogP) is 4.42. The molecule has 1 fully saturated rings. The average molecular weight is 545 g/mol. The van der Waals surface area contributed by atoms with Crippen molar-refractivity contribution in [3.63, 3.8) is 0 Å². The number of nitrogens with zero attached hydrogens (tertiary/aromatic N) is 1. The van der Waals surface area contributed by atoms with Gasteiger partial charge in [0.1, 0.15) is 17.9 Å². The van der Waals surface area contributed by atoms with Crippen molar-refractivity contribution >= 4 is 29.9 Å². The first kappa shape index (κ1) is 27.9. The third-order valence-corrected chi connectivity index (χ3v) is 6.01. The highest BCUT2D eigenvalue weighted by atomic mass is 16.5. The molecule has 3 aromatic rings. The number of benzene rings is 3. The normalized spacial score (nSPS) is 14.2. The first-order valence-corrected chi connectivity index (χ1v) is 12.5. The standard InChI is InChI=1S/C30H28N2O8/c1-3-14-39-25-13-8-21(16-26(25)38-2)17-32-28(34)24(27(33)31-30(32)37)15-19-6-11-23(12-7-19)40-18-20-4-9-22(10-5-20)29(35)36/h4-13,15-16H,3,14,17-18H2,1-2H3,(H,35,36)(H,31,33,37)/b24-15+. The molecule has 3 aromatic carbocycles. The Morgan fingerprint density at radius 2 is 1.62 bits per heavy atom. The van der Waals surface area contributed by atoms with Crippen LogP contribution in [0.25, 0.3) is 6.08 Å². The Balaban J connectivity index is 1.44. The topological polar surface area (TPSA) is 131 Å². The van der Waals surface area contributed by atoms with Crippen LogP contribution in [0.5, 0.6) is 17.2 Å². The van der Waals surface area contributed by atoms with Crippen molar-refractivity contribution in [1.29, 1.82) is 0 Å². The van der Waals surface area contributed by atoms with Gasteiger partial charge in [-0.1, -0.05) is 37.3 Å². The third kappa shape index (κ3) is 6.65. The summed E-state index contributed by atoms with van der Waals surface area (Å²) < 4.78 is 16.8. The molecule has 2 N–H and O–H groups in total. The van der Waals surface area contributed by atoms with Gasteiger partial charge in [0.25, 0.3) is 11.8 Å². The molecule has 0 saturated carbocycles. The molecule has 40 heavy (non-hydrogen) atoms. The first-order valence-electron chi connectivity index (χ1n) is 12.5. The number of carbonyl (C=O) groups is 4. The number of amides is 4. The van der Waals surface area contributed by atoms with Gasteiger partial charge >= 0.3 is 12.0 Å². The van der Waals surface area contributed by atoms with Gasteiger partial charge in [-0.2, -0.15) is 0 Å². The fourth-order valence-corrected chi connectivity index (χ4v) is 3.90. The van der Waals surface area contributed by atoms with Crippen molar-refractivity contribution < 1.29 is 38.5 Å². The fourth-order valence-electron chi connectivity index (χ4n) is 3.90. The van der Waals surface area contributed by atoms with Crippen LogP contribution in [-0.4, -0.2) is 47.5 Å². The number of aromatic carboxylic acids is 1. The number of methoxy groups -OCH3 is 1. The quantitative estimate of drug-likeness (QED) is 0.268. The minimum Gasteiger partial charge on any atom is -0.493 e. The van der Waals surface area contributed by atoms with E-state index in [1.165, 1.54) is 25.3 Å². The molecule has 1 saturated heterocycles. The smallest absolute Gasteiger partial charge is 0.335 e. The Bertz CT molecular complexity index is 1450. The number of imide groups is 2. The van der Waals surface area contributed by atoms with E-state index in [9.17, 15) is 19.2 Å². The van der Waals surface area contributed by atoms with Crippen molar-refractivity contribution in [3.05, 3.63) is 94.6 Å². The van der Waals surface area contributed by atoms with E-state index in [1.807, 2.05) is 6.92 Å². The molecular weight excluding hydrogens is 516 g/mol. The second kappa shape index (κ2) is 12.6. The number of rotatable bonds is 11. The summed E-state index contributed by atoms with van der Waals surface area (Å²) in [4.78, 5) is 50.1. The summed E-state index contributed by atoms with van der Waals surface area (Å²) in [6, 6.07) is 17.4. The fraction of sp³-hybridized carbons (Fsp3) is 0.200. The lowest BCUT2D eigenvalue weighted by molar-refractivity contribution is -0.130. The Kier molecular flexibility index (Phi) is 8.80. The molecule has 0 bridgehead atoms. The molecule has 0 aliphatic carbocycles. The van der Waals surface area contributed by atoms with Gasteiger partial charge in [0, 0.05) is 0 Å². The molecule has 4 amide bonds. The van der Waals surface area contributed by atoms with Crippen molar-refractivity contribution in [1.82, 2.24) is 10.2 Å². The molecule has 206 valence electrons. The number of barbiturate groups is 1. The van der Waals surface area contributed by atoms with E-state index in [0.717, 1.165) is 16.9 Å².